The smallest absolute Gasteiger partial charge is 0.238 e. The van der Waals surface area contributed by atoms with Crippen molar-refractivity contribution < 1.29 is 13.2 Å². The molecule has 0 aliphatic heterocycles. The summed E-state index contributed by atoms with van der Waals surface area (Å²) in [7, 11) is -3.84. The van der Waals surface area contributed by atoms with Crippen LogP contribution in [-0.4, -0.2) is 18.0 Å². The topological polar surface area (TPSA) is 86.7 Å². The molecule has 0 amide bonds. The van der Waals surface area contributed by atoms with E-state index in [1.165, 1.54) is 6.07 Å². The minimum Gasteiger partial charge on any atom is -0.472 e. The van der Waals surface area contributed by atoms with E-state index in [0.29, 0.717) is 23.6 Å². The van der Waals surface area contributed by atoms with Crippen LogP contribution in [-0.2, 0) is 16.6 Å². The first-order valence-corrected chi connectivity index (χ1v) is 10.2. The SMILES string of the molecule is Cc1ccc(S(N)(=O)=O)c(-c2ccc3cc(OCc4ccccc4)nn3c2)c1. The Morgan fingerprint density at radius 3 is 2.57 bits per heavy atom. The number of pyridine rings is 1. The van der Waals surface area contributed by atoms with E-state index in [2.05, 4.69) is 5.10 Å². The molecule has 7 heteroatoms. The minimum absolute atomic E-state index is 0.0881. The number of hydrogen-bond donors (Lipinski definition) is 1. The number of aromatic nitrogens is 2. The number of fused-ring (bicyclic) bond motifs is 1. The Morgan fingerprint density at radius 2 is 1.82 bits per heavy atom. The lowest BCUT2D eigenvalue weighted by Gasteiger charge is -2.09. The third kappa shape index (κ3) is 3.76. The molecule has 0 aliphatic carbocycles. The third-order valence-corrected chi connectivity index (χ3v) is 5.39. The van der Waals surface area contributed by atoms with Gasteiger partial charge in [-0.1, -0.05) is 54.1 Å². The zero-order valence-electron chi connectivity index (χ0n) is 15.2. The zero-order valence-corrected chi connectivity index (χ0v) is 16.1. The van der Waals surface area contributed by atoms with Gasteiger partial charge in [-0.15, -0.1) is 5.10 Å². The summed E-state index contributed by atoms with van der Waals surface area (Å²) in [6.07, 6.45) is 1.77. The second-order valence-electron chi connectivity index (χ2n) is 6.59. The van der Waals surface area contributed by atoms with Crippen molar-refractivity contribution in [3.8, 4) is 17.0 Å². The molecule has 28 heavy (non-hydrogen) atoms. The monoisotopic (exact) mass is 393 g/mol. The highest BCUT2D eigenvalue weighted by Gasteiger charge is 2.16. The number of aryl methyl sites for hydroxylation is 1. The van der Waals surface area contributed by atoms with Crippen LogP contribution in [0.25, 0.3) is 16.6 Å². The fourth-order valence-corrected chi connectivity index (χ4v) is 3.78. The molecule has 2 heterocycles. The van der Waals surface area contributed by atoms with E-state index < -0.39 is 10.0 Å². The number of rotatable bonds is 5. The van der Waals surface area contributed by atoms with E-state index in [1.54, 1.807) is 22.8 Å². The number of hydrogen-bond acceptors (Lipinski definition) is 4. The highest BCUT2D eigenvalue weighted by atomic mass is 32.2. The number of sulfonamides is 1. The van der Waals surface area contributed by atoms with Crippen molar-refractivity contribution in [2.45, 2.75) is 18.4 Å². The first-order chi connectivity index (χ1) is 13.4. The van der Waals surface area contributed by atoms with Gasteiger partial charge in [0.25, 0.3) is 0 Å². The van der Waals surface area contributed by atoms with Crippen LogP contribution < -0.4 is 9.88 Å². The lowest BCUT2D eigenvalue weighted by atomic mass is 10.1. The standard InChI is InChI=1S/C21H19N3O3S/c1-15-7-10-20(28(22,25)26)19(11-15)17-8-9-18-12-21(23-24(18)13-17)27-14-16-5-3-2-4-6-16/h2-13H,14H2,1H3,(H2,22,25,26). The molecule has 0 fully saturated rings. The predicted molar refractivity (Wildman–Crippen MR) is 108 cm³/mol. The van der Waals surface area contributed by atoms with E-state index in [4.69, 9.17) is 9.88 Å². The second kappa shape index (κ2) is 7.10. The van der Waals surface area contributed by atoms with Gasteiger partial charge in [-0.2, -0.15) is 0 Å². The van der Waals surface area contributed by atoms with Gasteiger partial charge >= 0.3 is 0 Å². The molecule has 0 aliphatic rings. The van der Waals surface area contributed by atoms with Gasteiger partial charge in [0, 0.05) is 23.4 Å². The number of nitrogens with two attached hydrogens (primary N) is 1. The second-order valence-corrected chi connectivity index (χ2v) is 8.12. The van der Waals surface area contributed by atoms with Crippen LogP contribution in [0.1, 0.15) is 11.1 Å². The number of nitrogens with zero attached hydrogens (tertiary/aromatic N) is 2. The number of ether oxygens (including phenoxy) is 1. The summed E-state index contributed by atoms with van der Waals surface area (Å²) in [5.41, 5.74) is 4.09. The van der Waals surface area contributed by atoms with Crippen LogP contribution in [0.4, 0.5) is 0 Å². The summed E-state index contributed by atoms with van der Waals surface area (Å²) in [6, 6.07) is 20.5. The van der Waals surface area contributed by atoms with Crippen LogP contribution in [0.2, 0.25) is 0 Å². The molecule has 2 aromatic carbocycles. The molecule has 0 bridgehead atoms. The summed E-state index contributed by atoms with van der Waals surface area (Å²) in [4.78, 5) is 0.0881. The van der Waals surface area contributed by atoms with Crippen LogP contribution in [0.3, 0.4) is 0 Å². The molecular weight excluding hydrogens is 374 g/mol. The molecule has 6 nitrogen and oxygen atoms in total. The summed E-state index contributed by atoms with van der Waals surface area (Å²) < 4.78 is 31.4. The molecule has 2 aromatic heterocycles. The quantitative estimate of drug-likeness (QED) is 0.562. The first kappa shape index (κ1) is 18.2. The van der Waals surface area contributed by atoms with Gasteiger partial charge in [0.05, 0.1) is 10.4 Å². The maximum Gasteiger partial charge on any atom is 0.238 e. The Hall–Kier alpha value is -3.16. The van der Waals surface area contributed by atoms with Crippen molar-refractivity contribution >= 4 is 15.5 Å². The molecule has 4 aromatic rings. The molecular formula is C21H19N3O3S. The fourth-order valence-electron chi connectivity index (χ4n) is 3.04. The van der Waals surface area contributed by atoms with Crippen LogP contribution in [0.5, 0.6) is 5.88 Å². The Labute approximate surface area is 163 Å². The molecule has 0 saturated carbocycles. The van der Waals surface area contributed by atoms with Gasteiger partial charge in [0.2, 0.25) is 15.9 Å². The molecule has 142 valence electrons. The van der Waals surface area contributed by atoms with E-state index in [9.17, 15) is 8.42 Å². The van der Waals surface area contributed by atoms with Crippen LogP contribution in [0.15, 0.2) is 77.8 Å². The Balaban J connectivity index is 1.68. The van der Waals surface area contributed by atoms with Gasteiger partial charge in [-0.05, 0) is 24.6 Å². The van der Waals surface area contributed by atoms with Crippen molar-refractivity contribution in [3.63, 3.8) is 0 Å². The number of primary sulfonamides is 1. The van der Waals surface area contributed by atoms with Crippen molar-refractivity contribution in [2.24, 2.45) is 5.14 Å². The van der Waals surface area contributed by atoms with Gasteiger partial charge in [0.15, 0.2) is 0 Å². The molecule has 4 rings (SSSR count). The summed E-state index contributed by atoms with van der Waals surface area (Å²) >= 11 is 0. The average molecular weight is 393 g/mol. The maximum absolute atomic E-state index is 12.0. The van der Waals surface area contributed by atoms with Crippen molar-refractivity contribution in [1.29, 1.82) is 0 Å². The maximum atomic E-state index is 12.0. The first-order valence-electron chi connectivity index (χ1n) is 8.70. The highest BCUT2D eigenvalue weighted by Crippen LogP contribution is 2.29. The Bertz CT molecular complexity index is 1250. The predicted octanol–water partition coefficient (Wildman–Crippen LogP) is 3.54. The molecule has 0 atom stereocenters. The van der Waals surface area contributed by atoms with Crippen LogP contribution in [0, 0.1) is 6.92 Å². The van der Waals surface area contributed by atoms with Gasteiger partial charge in [-0.25, -0.2) is 18.1 Å². The normalized spacial score (nSPS) is 11.6. The van der Waals surface area contributed by atoms with E-state index in [0.717, 1.165) is 16.6 Å². The zero-order chi connectivity index (χ0) is 19.7. The van der Waals surface area contributed by atoms with Crippen molar-refractivity contribution in [3.05, 3.63) is 84.1 Å². The Morgan fingerprint density at radius 1 is 1.04 bits per heavy atom. The minimum atomic E-state index is -3.84. The molecule has 0 unspecified atom stereocenters. The van der Waals surface area contributed by atoms with Gasteiger partial charge in [0.1, 0.15) is 6.61 Å². The van der Waals surface area contributed by atoms with E-state index >= 15 is 0 Å². The highest BCUT2D eigenvalue weighted by molar-refractivity contribution is 7.89. The molecule has 2 N–H and O–H groups in total. The lowest BCUT2D eigenvalue weighted by molar-refractivity contribution is 0.292. The fraction of sp³-hybridized carbons (Fsp3) is 0.0952. The van der Waals surface area contributed by atoms with Gasteiger partial charge in [-0.3, -0.25) is 0 Å². The average Bonchev–Trinajstić information content (AvgIpc) is 3.08. The Kier molecular flexibility index (Phi) is 4.62. The van der Waals surface area contributed by atoms with E-state index in [-0.39, 0.29) is 4.90 Å². The summed E-state index contributed by atoms with van der Waals surface area (Å²) in [6.45, 7) is 2.32. The van der Waals surface area contributed by atoms with Crippen LogP contribution >= 0.6 is 0 Å². The van der Waals surface area contributed by atoms with Crippen molar-refractivity contribution in [1.82, 2.24) is 9.61 Å². The molecule has 0 spiro atoms. The van der Waals surface area contributed by atoms with Crippen molar-refractivity contribution in [2.75, 3.05) is 0 Å². The van der Waals surface area contributed by atoms with E-state index in [1.807, 2.05) is 55.5 Å². The molecule has 0 radical (unpaired) electrons. The van der Waals surface area contributed by atoms with Gasteiger partial charge < -0.3 is 4.74 Å². The third-order valence-electron chi connectivity index (χ3n) is 4.42. The lowest BCUT2D eigenvalue weighted by Crippen LogP contribution is -2.13. The number of benzene rings is 2. The summed E-state index contributed by atoms with van der Waals surface area (Å²) in [5, 5.41) is 9.83. The summed E-state index contributed by atoms with van der Waals surface area (Å²) in [5.74, 6) is 0.497. The largest absolute Gasteiger partial charge is 0.472 e. The molecule has 0 saturated heterocycles.